The van der Waals surface area contributed by atoms with Crippen molar-refractivity contribution in [2.45, 2.75) is 6.42 Å². The van der Waals surface area contributed by atoms with Crippen LogP contribution >= 0.6 is 22.9 Å². The summed E-state index contributed by atoms with van der Waals surface area (Å²) < 4.78 is 0. The van der Waals surface area contributed by atoms with Crippen LogP contribution in [0.2, 0.25) is 5.02 Å². The molecule has 0 spiro atoms. The van der Waals surface area contributed by atoms with Crippen LogP contribution in [0.5, 0.6) is 0 Å². The molecule has 184 valence electrons. The monoisotopic (exact) mass is 531 g/mol. The molecule has 3 aromatic carbocycles. The van der Waals surface area contributed by atoms with Crippen LogP contribution in [0.15, 0.2) is 72.8 Å². The predicted molar refractivity (Wildman–Crippen MR) is 139 cm³/mol. The summed E-state index contributed by atoms with van der Waals surface area (Å²) in [6, 6.07) is 19.6. The maximum atomic E-state index is 12.7. The maximum absolute atomic E-state index is 12.7. The number of rotatable bonds is 7. The molecule has 37 heavy (non-hydrogen) atoms. The van der Waals surface area contributed by atoms with Gasteiger partial charge in [-0.3, -0.25) is 24.5 Å². The fraction of sp³-hybridized carbons (Fsp3) is 0.0769. The summed E-state index contributed by atoms with van der Waals surface area (Å²) in [5.41, 5.74) is 1.79. The molecule has 1 aliphatic rings. The smallest absolute Gasteiger partial charge is 0.266 e. The molecule has 4 amide bonds. The molecule has 4 aromatic rings. The first-order valence-electron chi connectivity index (χ1n) is 11.2. The van der Waals surface area contributed by atoms with Crippen LogP contribution in [0.1, 0.15) is 46.4 Å². The van der Waals surface area contributed by atoms with Gasteiger partial charge in [-0.15, -0.1) is 10.2 Å². The zero-order chi connectivity index (χ0) is 25.9. The summed E-state index contributed by atoms with van der Waals surface area (Å²) >= 11 is 7.23. The van der Waals surface area contributed by atoms with E-state index in [9.17, 15) is 19.2 Å². The van der Waals surface area contributed by atoms with Gasteiger partial charge in [-0.25, -0.2) is 4.90 Å². The van der Waals surface area contributed by atoms with Gasteiger partial charge in [-0.1, -0.05) is 47.2 Å². The van der Waals surface area contributed by atoms with Crippen molar-refractivity contribution < 1.29 is 19.2 Å². The van der Waals surface area contributed by atoms with Crippen LogP contribution in [0.3, 0.4) is 0 Å². The minimum absolute atomic E-state index is 0.284. The van der Waals surface area contributed by atoms with E-state index in [2.05, 4.69) is 20.8 Å². The van der Waals surface area contributed by atoms with Crippen molar-refractivity contribution in [1.82, 2.24) is 15.5 Å². The molecular weight excluding hydrogens is 514 g/mol. The van der Waals surface area contributed by atoms with E-state index in [1.165, 1.54) is 23.5 Å². The molecule has 1 aromatic heterocycles. The zero-order valence-corrected chi connectivity index (χ0v) is 20.7. The first kappa shape index (κ1) is 24.3. The molecule has 5 rings (SSSR count). The van der Waals surface area contributed by atoms with Crippen LogP contribution in [-0.4, -0.2) is 40.4 Å². The van der Waals surface area contributed by atoms with Gasteiger partial charge in [-0.2, -0.15) is 0 Å². The van der Waals surface area contributed by atoms with Crippen molar-refractivity contribution in [2.24, 2.45) is 0 Å². The van der Waals surface area contributed by atoms with Crippen molar-refractivity contribution in [1.29, 1.82) is 0 Å². The molecule has 0 aliphatic carbocycles. The highest BCUT2D eigenvalue weighted by atomic mass is 35.5. The number of anilines is 2. The standard InChI is InChI=1S/C26H18ClN5O4S/c27-20-8-4-3-7-19(20)23(34)28-14-13-21-30-31-26(37-21)29-22(33)15-9-11-16(12-10-15)32-24(35)17-5-1-2-6-18(17)25(32)36/h1-12H,13-14H2,(H,28,34)(H,29,31,33). The maximum Gasteiger partial charge on any atom is 0.266 e. The van der Waals surface area contributed by atoms with Crippen LogP contribution < -0.4 is 15.5 Å². The van der Waals surface area contributed by atoms with E-state index in [4.69, 9.17) is 11.6 Å². The van der Waals surface area contributed by atoms with Gasteiger partial charge < -0.3 is 5.32 Å². The number of carbonyl (C=O) groups excluding carboxylic acids is 4. The molecule has 9 nitrogen and oxygen atoms in total. The van der Waals surface area contributed by atoms with Gasteiger partial charge in [0.2, 0.25) is 5.13 Å². The summed E-state index contributed by atoms with van der Waals surface area (Å²) in [5, 5.41) is 14.8. The number of imide groups is 1. The molecule has 0 unspecified atom stereocenters. The van der Waals surface area contributed by atoms with Gasteiger partial charge in [0, 0.05) is 18.5 Å². The molecule has 0 fully saturated rings. The average Bonchev–Trinajstić information content (AvgIpc) is 3.46. The van der Waals surface area contributed by atoms with Gasteiger partial charge in [0.1, 0.15) is 5.01 Å². The predicted octanol–water partition coefficient (Wildman–Crippen LogP) is 4.22. The number of hydrogen-bond acceptors (Lipinski definition) is 7. The Kier molecular flexibility index (Phi) is 6.76. The number of fused-ring (bicyclic) bond motifs is 1. The summed E-state index contributed by atoms with van der Waals surface area (Å²) in [4.78, 5) is 51.3. The van der Waals surface area contributed by atoms with Crippen LogP contribution in [0.25, 0.3) is 0 Å². The van der Waals surface area contributed by atoms with Crippen molar-refractivity contribution in [2.75, 3.05) is 16.8 Å². The molecule has 0 atom stereocenters. The Morgan fingerprint density at radius 2 is 1.49 bits per heavy atom. The molecule has 1 aliphatic heterocycles. The van der Waals surface area contributed by atoms with Gasteiger partial charge in [0.05, 0.1) is 27.4 Å². The second-order valence-electron chi connectivity index (χ2n) is 7.98. The largest absolute Gasteiger partial charge is 0.352 e. The number of nitrogens with one attached hydrogen (secondary N) is 2. The SMILES string of the molecule is O=C(Nc1nnc(CCNC(=O)c2ccccc2Cl)s1)c1ccc(N2C(=O)c3ccccc3C2=O)cc1. The van der Waals surface area contributed by atoms with E-state index in [0.717, 1.165) is 4.90 Å². The second-order valence-corrected chi connectivity index (χ2v) is 9.45. The molecule has 11 heteroatoms. The van der Waals surface area contributed by atoms with Gasteiger partial charge >= 0.3 is 0 Å². The number of aromatic nitrogens is 2. The highest BCUT2D eigenvalue weighted by molar-refractivity contribution is 7.15. The minimum atomic E-state index is -0.413. The number of halogens is 1. The van der Waals surface area contributed by atoms with Crippen LogP contribution in [0.4, 0.5) is 10.8 Å². The third kappa shape index (κ3) is 4.97. The summed E-state index contributed by atoms with van der Waals surface area (Å²) in [6.45, 7) is 0.325. The van der Waals surface area contributed by atoms with Gasteiger partial charge in [0.25, 0.3) is 23.6 Å². The number of nitrogens with zero attached hydrogens (tertiary/aromatic N) is 3. The molecule has 0 saturated heterocycles. The first-order valence-corrected chi connectivity index (χ1v) is 12.4. The van der Waals surface area contributed by atoms with E-state index in [1.807, 2.05) is 0 Å². The van der Waals surface area contributed by atoms with E-state index < -0.39 is 17.7 Å². The Hall–Kier alpha value is -4.41. The fourth-order valence-corrected chi connectivity index (χ4v) is 4.74. The van der Waals surface area contributed by atoms with Gasteiger partial charge in [0.15, 0.2) is 0 Å². The van der Waals surface area contributed by atoms with Gasteiger partial charge in [-0.05, 0) is 48.5 Å². The molecule has 2 heterocycles. The third-order valence-electron chi connectivity index (χ3n) is 5.61. The van der Waals surface area contributed by atoms with E-state index in [0.29, 0.717) is 56.1 Å². The molecule has 0 bridgehead atoms. The summed E-state index contributed by atoms with van der Waals surface area (Å²) in [6.07, 6.45) is 0.429. The van der Waals surface area contributed by atoms with E-state index in [-0.39, 0.29) is 5.91 Å². The lowest BCUT2D eigenvalue weighted by atomic mass is 10.1. The quantitative estimate of drug-likeness (QED) is 0.344. The average molecular weight is 532 g/mol. The first-order chi connectivity index (χ1) is 17.9. The van der Waals surface area contributed by atoms with Crippen LogP contribution in [0, 0.1) is 0 Å². The van der Waals surface area contributed by atoms with Crippen molar-refractivity contribution in [3.63, 3.8) is 0 Å². The number of carbonyl (C=O) groups is 4. The Bertz CT molecular complexity index is 1500. The summed E-state index contributed by atoms with van der Waals surface area (Å²) in [7, 11) is 0. The van der Waals surface area contributed by atoms with Crippen LogP contribution in [-0.2, 0) is 6.42 Å². The molecular formula is C26H18ClN5O4S. The van der Waals surface area contributed by atoms with E-state index >= 15 is 0 Å². The fourth-order valence-electron chi connectivity index (χ4n) is 3.78. The molecule has 0 radical (unpaired) electrons. The number of amides is 4. The minimum Gasteiger partial charge on any atom is -0.352 e. The molecule has 2 N–H and O–H groups in total. The molecule has 0 saturated carbocycles. The number of hydrogen-bond donors (Lipinski definition) is 2. The van der Waals surface area contributed by atoms with E-state index in [1.54, 1.807) is 60.7 Å². The Balaban J connectivity index is 1.16. The highest BCUT2D eigenvalue weighted by Crippen LogP contribution is 2.28. The zero-order valence-electron chi connectivity index (χ0n) is 19.1. The van der Waals surface area contributed by atoms with Crippen molar-refractivity contribution in [3.05, 3.63) is 105 Å². The topological polar surface area (TPSA) is 121 Å². The van der Waals surface area contributed by atoms with Crippen molar-refractivity contribution in [3.8, 4) is 0 Å². The Morgan fingerprint density at radius 3 is 2.16 bits per heavy atom. The lowest BCUT2D eigenvalue weighted by Gasteiger charge is -2.14. The Labute approximate surface area is 220 Å². The highest BCUT2D eigenvalue weighted by Gasteiger charge is 2.36. The third-order valence-corrected chi connectivity index (χ3v) is 6.84. The van der Waals surface area contributed by atoms with Crippen molar-refractivity contribution >= 4 is 57.4 Å². The second kappa shape index (κ2) is 10.3. The lowest BCUT2D eigenvalue weighted by Crippen LogP contribution is -2.29. The Morgan fingerprint density at radius 1 is 0.838 bits per heavy atom. The number of benzene rings is 3. The lowest BCUT2D eigenvalue weighted by molar-refractivity contribution is 0.0921. The summed E-state index contributed by atoms with van der Waals surface area (Å²) in [5.74, 6) is -1.50. The normalized spacial score (nSPS) is 12.4.